The Bertz CT molecular complexity index is 532. The lowest BCUT2D eigenvalue weighted by Gasteiger charge is -2.30. The van der Waals surface area contributed by atoms with E-state index in [0.717, 1.165) is 38.5 Å². The second-order valence-electron chi connectivity index (χ2n) is 5.79. The predicted octanol–water partition coefficient (Wildman–Crippen LogP) is 1.81. The molecule has 1 aliphatic heterocycles. The SMILES string of the molecule is CCOC(=O)CCN(CCN1CCOCC1)C(=O)Nc1ccccc1. The van der Waals surface area contributed by atoms with Gasteiger partial charge in [-0.2, -0.15) is 0 Å². The molecule has 2 amide bonds. The highest BCUT2D eigenvalue weighted by atomic mass is 16.5. The number of hydrogen-bond donors (Lipinski definition) is 1. The molecule has 138 valence electrons. The maximum absolute atomic E-state index is 12.6. The molecule has 0 bridgehead atoms. The van der Waals surface area contributed by atoms with Crippen molar-refractivity contribution >= 4 is 17.7 Å². The number of nitrogens with zero attached hydrogens (tertiary/aromatic N) is 2. The van der Waals surface area contributed by atoms with Gasteiger partial charge in [0.1, 0.15) is 0 Å². The van der Waals surface area contributed by atoms with Gasteiger partial charge in [0, 0.05) is 38.4 Å². The molecule has 1 saturated heterocycles. The number of morpholine rings is 1. The van der Waals surface area contributed by atoms with Crippen molar-refractivity contribution in [2.75, 3.05) is 57.9 Å². The van der Waals surface area contributed by atoms with E-state index < -0.39 is 0 Å². The van der Waals surface area contributed by atoms with Crippen LogP contribution in [0.25, 0.3) is 0 Å². The minimum Gasteiger partial charge on any atom is -0.466 e. The van der Waals surface area contributed by atoms with Gasteiger partial charge in [-0.3, -0.25) is 9.69 Å². The molecule has 0 saturated carbocycles. The summed E-state index contributed by atoms with van der Waals surface area (Å²) >= 11 is 0. The molecule has 1 aliphatic rings. The highest BCUT2D eigenvalue weighted by molar-refractivity contribution is 5.89. The third-order valence-electron chi connectivity index (χ3n) is 3.99. The maximum atomic E-state index is 12.6. The number of anilines is 1. The second-order valence-corrected chi connectivity index (χ2v) is 5.79. The lowest BCUT2D eigenvalue weighted by molar-refractivity contribution is -0.143. The second kappa shape index (κ2) is 10.7. The third-order valence-corrected chi connectivity index (χ3v) is 3.99. The molecule has 0 aromatic heterocycles. The van der Waals surface area contributed by atoms with E-state index in [2.05, 4.69) is 10.2 Å². The number of ether oxygens (including phenoxy) is 2. The standard InChI is InChI=1S/C18H27N3O4/c1-2-25-17(22)8-9-21(11-10-20-12-14-24-15-13-20)18(23)19-16-6-4-3-5-7-16/h3-7H,2,8-15H2,1H3,(H,19,23). The highest BCUT2D eigenvalue weighted by Crippen LogP contribution is 2.08. The Hall–Kier alpha value is -2.12. The summed E-state index contributed by atoms with van der Waals surface area (Å²) in [6.45, 7) is 6.95. The fourth-order valence-electron chi connectivity index (χ4n) is 2.59. The van der Waals surface area contributed by atoms with E-state index >= 15 is 0 Å². The first-order valence-electron chi connectivity index (χ1n) is 8.75. The van der Waals surface area contributed by atoms with Crippen LogP contribution < -0.4 is 5.32 Å². The summed E-state index contributed by atoms with van der Waals surface area (Å²) in [6, 6.07) is 9.10. The fourth-order valence-corrected chi connectivity index (χ4v) is 2.59. The van der Waals surface area contributed by atoms with Crippen LogP contribution in [0.3, 0.4) is 0 Å². The zero-order valence-electron chi connectivity index (χ0n) is 14.8. The van der Waals surface area contributed by atoms with Crippen LogP contribution >= 0.6 is 0 Å². The van der Waals surface area contributed by atoms with E-state index in [4.69, 9.17) is 9.47 Å². The molecule has 1 aromatic rings. The van der Waals surface area contributed by atoms with Crippen LogP contribution in [0, 0.1) is 0 Å². The molecule has 2 rings (SSSR count). The Morgan fingerprint density at radius 3 is 2.60 bits per heavy atom. The maximum Gasteiger partial charge on any atom is 0.321 e. The van der Waals surface area contributed by atoms with Gasteiger partial charge in [0.15, 0.2) is 0 Å². The van der Waals surface area contributed by atoms with Crippen LogP contribution in [0.2, 0.25) is 0 Å². The van der Waals surface area contributed by atoms with Gasteiger partial charge < -0.3 is 19.7 Å². The molecule has 0 radical (unpaired) electrons. The van der Waals surface area contributed by atoms with Gasteiger partial charge in [-0.1, -0.05) is 18.2 Å². The van der Waals surface area contributed by atoms with Crippen LogP contribution in [0.1, 0.15) is 13.3 Å². The Morgan fingerprint density at radius 1 is 1.20 bits per heavy atom. The largest absolute Gasteiger partial charge is 0.466 e. The van der Waals surface area contributed by atoms with Gasteiger partial charge in [0.05, 0.1) is 26.2 Å². The molecule has 0 spiro atoms. The monoisotopic (exact) mass is 349 g/mol. The summed E-state index contributed by atoms with van der Waals surface area (Å²) in [5.74, 6) is -0.286. The molecule has 25 heavy (non-hydrogen) atoms. The summed E-state index contributed by atoms with van der Waals surface area (Å²) in [7, 11) is 0. The molecular weight excluding hydrogens is 322 g/mol. The predicted molar refractivity (Wildman–Crippen MR) is 95.5 cm³/mol. The lowest BCUT2D eigenvalue weighted by Crippen LogP contribution is -2.44. The molecule has 1 N–H and O–H groups in total. The van der Waals surface area contributed by atoms with Crippen LogP contribution in [0.15, 0.2) is 30.3 Å². The van der Waals surface area contributed by atoms with Gasteiger partial charge >= 0.3 is 12.0 Å². The van der Waals surface area contributed by atoms with Crippen molar-refractivity contribution in [2.45, 2.75) is 13.3 Å². The molecular formula is C18H27N3O4. The fraction of sp³-hybridized carbons (Fsp3) is 0.556. The van der Waals surface area contributed by atoms with Gasteiger partial charge in [-0.15, -0.1) is 0 Å². The smallest absolute Gasteiger partial charge is 0.321 e. The summed E-state index contributed by atoms with van der Waals surface area (Å²) in [5, 5.41) is 2.88. The Morgan fingerprint density at radius 2 is 1.92 bits per heavy atom. The number of carbonyl (C=O) groups excluding carboxylic acids is 2. The number of hydrogen-bond acceptors (Lipinski definition) is 5. The summed E-state index contributed by atoms with van der Waals surface area (Å²) in [4.78, 5) is 28.1. The van der Waals surface area contributed by atoms with Crippen molar-refractivity contribution in [3.05, 3.63) is 30.3 Å². The van der Waals surface area contributed by atoms with E-state index in [1.807, 2.05) is 30.3 Å². The van der Waals surface area contributed by atoms with E-state index in [-0.39, 0.29) is 18.4 Å². The van der Waals surface area contributed by atoms with Crippen molar-refractivity contribution in [3.8, 4) is 0 Å². The summed E-state index contributed by atoms with van der Waals surface area (Å²) in [5.41, 5.74) is 0.736. The van der Waals surface area contributed by atoms with Crippen molar-refractivity contribution < 1.29 is 19.1 Å². The Balaban J connectivity index is 1.89. The molecule has 7 nitrogen and oxygen atoms in total. The number of amides is 2. The average Bonchev–Trinajstić information content (AvgIpc) is 2.63. The minimum absolute atomic E-state index is 0.194. The summed E-state index contributed by atoms with van der Waals surface area (Å²) in [6.07, 6.45) is 0.194. The van der Waals surface area contributed by atoms with Crippen LogP contribution in [0.5, 0.6) is 0 Å². The number of para-hydroxylation sites is 1. The van der Waals surface area contributed by atoms with Crippen LogP contribution in [0.4, 0.5) is 10.5 Å². The first kappa shape index (κ1) is 19.2. The zero-order chi connectivity index (χ0) is 17.9. The third kappa shape index (κ3) is 7.11. The van der Waals surface area contributed by atoms with E-state index in [0.29, 0.717) is 19.7 Å². The first-order chi connectivity index (χ1) is 12.2. The van der Waals surface area contributed by atoms with Crippen molar-refractivity contribution in [3.63, 3.8) is 0 Å². The number of carbonyl (C=O) groups is 2. The number of rotatable bonds is 8. The molecule has 1 aromatic carbocycles. The molecule has 0 atom stereocenters. The van der Waals surface area contributed by atoms with Gasteiger partial charge in [0.25, 0.3) is 0 Å². The van der Waals surface area contributed by atoms with E-state index in [1.165, 1.54) is 0 Å². The number of urea groups is 1. The van der Waals surface area contributed by atoms with E-state index in [9.17, 15) is 9.59 Å². The number of esters is 1. The van der Waals surface area contributed by atoms with E-state index in [1.54, 1.807) is 11.8 Å². The van der Waals surface area contributed by atoms with Crippen LogP contribution in [-0.2, 0) is 14.3 Å². The van der Waals surface area contributed by atoms with Crippen molar-refractivity contribution in [1.29, 1.82) is 0 Å². The average molecular weight is 349 g/mol. The van der Waals surface area contributed by atoms with Crippen molar-refractivity contribution in [2.24, 2.45) is 0 Å². The molecule has 1 fully saturated rings. The Kier molecular flexibility index (Phi) is 8.21. The highest BCUT2D eigenvalue weighted by Gasteiger charge is 2.18. The van der Waals surface area contributed by atoms with Gasteiger partial charge in [-0.05, 0) is 19.1 Å². The first-order valence-corrected chi connectivity index (χ1v) is 8.75. The molecule has 0 unspecified atom stereocenters. The van der Waals surface area contributed by atoms with Crippen molar-refractivity contribution in [1.82, 2.24) is 9.80 Å². The minimum atomic E-state index is -0.286. The van der Waals surface area contributed by atoms with Gasteiger partial charge in [0.2, 0.25) is 0 Å². The normalized spacial score (nSPS) is 14.8. The molecule has 0 aliphatic carbocycles. The molecule has 7 heteroatoms. The lowest BCUT2D eigenvalue weighted by atomic mass is 10.3. The number of benzene rings is 1. The zero-order valence-corrected chi connectivity index (χ0v) is 14.8. The number of nitrogens with one attached hydrogen (secondary N) is 1. The Labute approximate surface area is 148 Å². The van der Waals surface area contributed by atoms with Crippen LogP contribution in [-0.4, -0.2) is 74.3 Å². The summed E-state index contributed by atoms with van der Waals surface area (Å²) < 4.78 is 10.3. The quantitative estimate of drug-likeness (QED) is 0.725. The topological polar surface area (TPSA) is 71.1 Å². The molecule has 1 heterocycles. The van der Waals surface area contributed by atoms with Gasteiger partial charge in [-0.25, -0.2) is 4.79 Å².